The number of hydrogen-bond acceptors (Lipinski definition) is 6. The van der Waals surface area contributed by atoms with Gasteiger partial charge in [-0.15, -0.1) is 10.2 Å². The predicted octanol–water partition coefficient (Wildman–Crippen LogP) is 5.25. The van der Waals surface area contributed by atoms with Crippen LogP contribution in [-0.2, 0) is 0 Å². The number of aliphatic imine (C=N–C) groups is 1. The van der Waals surface area contributed by atoms with Crippen LogP contribution in [0.5, 0.6) is 5.75 Å². The molecule has 1 saturated heterocycles. The Balaban J connectivity index is 1.61. The van der Waals surface area contributed by atoms with Crippen LogP contribution in [0.2, 0.25) is 0 Å². The van der Waals surface area contributed by atoms with E-state index >= 15 is 0 Å². The van der Waals surface area contributed by atoms with Crippen LogP contribution < -0.4 is 10.2 Å². The summed E-state index contributed by atoms with van der Waals surface area (Å²) in [6.07, 6.45) is 5.96. The molecule has 6 nitrogen and oxygen atoms in total. The summed E-state index contributed by atoms with van der Waals surface area (Å²) in [6, 6.07) is 8.12. The van der Waals surface area contributed by atoms with Crippen molar-refractivity contribution in [2.45, 2.75) is 77.4 Å². The van der Waals surface area contributed by atoms with Crippen LogP contribution >= 0.6 is 0 Å². The molecule has 0 bridgehead atoms. The van der Waals surface area contributed by atoms with Gasteiger partial charge in [0.05, 0.1) is 11.4 Å². The van der Waals surface area contributed by atoms with Gasteiger partial charge in [0.2, 0.25) is 0 Å². The van der Waals surface area contributed by atoms with E-state index in [1.807, 2.05) is 25.1 Å². The third-order valence-corrected chi connectivity index (χ3v) is 6.82. The lowest BCUT2D eigenvalue weighted by molar-refractivity contribution is 0.160. The molecule has 6 heteroatoms. The Morgan fingerprint density at radius 1 is 1.15 bits per heavy atom. The molecule has 4 rings (SSSR count). The van der Waals surface area contributed by atoms with Gasteiger partial charge in [0.15, 0.2) is 5.82 Å². The molecular formula is C27H37N5O. The number of phenolic OH excluding ortho intramolecular Hbond substituents is 1. The minimum absolute atomic E-state index is 0.0599. The SMILES string of the molecule is C=CN=C(c1cc(-c2ccc(N(C)C3CC(C)(C)NC(C)(C)C3)nn2)c(O)cc1C)C1CC1. The first-order valence-electron chi connectivity index (χ1n) is 11.9. The summed E-state index contributed by atoms with van der Waals surface area (Å²) in [5.41, 5.74) is 4.56. The minimum atomic E-state index is 0.0599. The zero-order valence-corrected chi connectivity index (χ0v) is 20.8. The lowest BCUT2D eigenvalue weighted by Gasteiger charge is -2.49. The maximum Gasteiger partial charge on any atom is 0.151 e. The molecule has 176 valence electrons. The Bertz CT molecular complexity index is 1050. The Labute approximate surface area is 197 Å². The van der Waals surface area contributed by atoms with Gasteiger partial charge < -0.3 is 15.3 Å². The normalized spacial score (nSPS) is 20.5. The minimum Gasteiger partial charge on any atom is -0.507 e. The molecule has 2 heterocycles. The number of rotatable bonds is 6. The molecule has 0 atom stereocenters. The molecule has 1 aliphatic heterocycles. The summed E-state index contributed by atoms with van der Waals surface area (Å²) >= 11 is 0. The summed E-state index contributed by atoms with van der Waals surface area (Å²) in [6.45, 7) is 14.8. The molecule has 0 radical (unpaired) electrons. The van der Waals surface area contributed by atoms with Crippen LogP contribution in [0.3, 0.4) is 0 Å². The Morgan fingerprint density at radius 2 is 1.82 bits per heavy atom. The lowest BCUT2D eigenvalue weighted by Crippen LogP contribution is -2.62. The van der Waals surface area contributed by atoms with E-state index in [4.69, 9.17) is 0 Å². The number of aromatic hydroxyl groups is 1. The summed E-state index contributed by atoms with van der Waals surface area (Å²) in [5, 5.41) is 23.5. The van der Waals surface area contributed by atoms with Crippen molar-refractivity contribution in [1.29, 1.82) is 0 Å². The van der Waals surface area contributed by atoms with Gasteiger partial charge in [-0.2, -0.15) is 0 Å². The van der Waals surface area contributed by atoms with Gasteiger partial charge >= 0.3 is 0 Å². The predicted molar refractivity (Wildman–Crippen MR) is 136 cm³/mol. The fraction of sp³-hybridized carbons (Fsp3) is 0.519. The van der Waals surface area contributed by atoms with Gasteiger partial charge in [-0.3, -0.25) is 4.99 Å². The van der Waals surface area contributed by atoms with Crippen molar-refractivity contribution in [3.8, 4) is 17.0 Å². The molecule has 1 aliphatic carbocycles. The maximum atomic E-state index is 10.7. The van der Waals surface area contributed by atoms with Gasteiger partial charge in [-0.1, -0.05) is 6.58 Å². The topological polar surface area (TPSA) is 73.6 Å². The van der Waals surface area contributed by atoms with Crippen LogP contribution in [-0.4, -0.2) is 45.2 Å². The average Bonchev–Trinajstić information content (AvgIpc) is 3.55. The highest BCUT2D eigenvalue weighted by Gasteiger charge is 2.39. The van der Waals surface area contributed by atoms with Crippen molar-refractivity contribution < 1.29 is 5.11 Å². The van der Waals surface area contributed by atoms with E-state index in [1.54, 1.807) is 12.3 Å². The molecule has 2 aromatic rings. The molecular weight excluding hydrogens is 410 g/mol. The average molecular weight is 448 g/mol. The number of hydrogen-bond donors (Lipinski definition) is 2. The van der Waals surface area contributed by atoms with E-state index in [1.165, 1.54) is 0 Å². The molecule has 2 fully saturated rings. The van der Waals surface area contributed by atoms with Crippen molar-refractivity contribution in [1.82, 2.24) is 15.5 Å². The van der Waals surface area contributed by atoms with Crippen LogP contribution in [0, 0.1) is 12.8 Å². The second kappa shape index (κ2) is 8.56. The molecule has 1 aromatic carbocycles. The first kappa shape index (κ1) is 23.4. The van der Waals surface area contributed by atoms with Gasteiger partial charge in [0.1, 0.15) is 5.75 Å². The van der Waals surface area contributed by atoms with Crippen molar-refractivity contribution >= 4 is 11.5 Å². The van der Waals surface area contributed by atoms with Gasteiger partial charge in [0.25, 0.3) is 0 Å². The Morgan fingerprint density at radius 3 is 2.36 bits per heavy atom. The van der Waals surface area contributed by atoms with Gasteiger partial charge in [-0.05, 0) is 90.1 Å². The summed E-state index contributed by atoms with van der Waals surface area (Å²) in [7, 11) is 2.10. The number of phenols is 1. The van der Waals surface area contributed by atoms with E-state index < -0.39 is 0 Å². The van der Waals surface area contributed by atoms with E-state index in [0.29, 0.717) is 23.2 Å². The summed E-state index contributed by atoms with van der Waals surface area (Å²) in [5.74, 6) is 1.53. The fourth-order valence-corrected chi connectivity index (χ4v) is 5.41. The van der Waals surface area contributed by atoms with Gasteiger partial charge in [-0.25, -0.2) is 0 Å². The number of aromatic nitrogens is 2. The van der Waals surface area contributed by atoms with Crippen molar-refractivity contribution in [3.63, 3.8) is 0 Å². The second-order valence-corrected chi connectivity index (χ2v) is 11.0. The monoisotopic (exact) mass is 447 g/mol. The van der Waals surface area contributed by atoms with Crippen LogP contribution in [0.15, 0.2) is 42.0 Å². The summed E-state index contributed by atoms with van der Waals surface area (Å²) < 4.78 is 0. The van der Waals surface area contributed by atoms with Crippen molar-refractivity contribution in [2.24, 2.45) is 10.9 Å². The molecule has 2 N–H and O–H groups in total. The molecule has 1 aromatic heterocycles. The molecule has 0 spiro atoms. The smallest absolute Gasteiger partial charge is 0.151 e. The molecule has 1 saturated carbocycles. The standard InChI is InChI=1S/C27H37N5O/c1-8-28-25(18-9-10-18)20-14-21(23(33)13-17(20)2)22-11-12-24(30-29-22)32(7)19-15-26(3,4)31-27(5,6)16-19/h8,11-14,18-19,31,33H,1,9-10,15-16H2,2-7H3. The molecule has 0 amide bonds. The largest absolute Gasteiger partial charge is 0.507 e. The first-order chi connectivity index (χ1) is 15.5. The van der Waals surface area contributed by atoms with Crippen LogP contribution in [0.25, 0.3) is 11.3 Å². The number of piperidine rings is 1. The number of benzene rings is 1. The zero-order chi connectivity index (χ0) is 24.0. The molecule has 33 heavy (non-hydrogen) atoms. The quantitative estimate of drug-likeness (QED) is 0.592. The second-order valence-electron chi connectivity index (χ2n) is 11.0. The fourth-order valence-electron chi connectivity index (χ4n) is 5.41. The third kappa shape index (κ3) is 5.11. The van der Waals surface area contributed by atoms with E-state index in [0.717, 1.165) is 48.3 Å². The van der Waals surface area contributed by atoms with Crippen molar-refractivity contribution in [3.05, 3.63) is 48.2 Å². The van der Waals surface area contributed by atoms with Crippen molar-refractivity contribution in [2.75, 3.05) is 11.9 Å². The number of anilines is 1. The van der Waals surface area contributed by atoms with Crippen LogP contribution in [0.1, 0.15) is 64.5 Å². The first-order valence-corrected chi connectivity index (χ1v) is 11.9. The molecule has 2 aliphatic rings. The molecule has 0 unspecified atom stereocenters. The number of aryl methyl sites for hydroxylation is 1. The Hall–Kier alpha value is -2.73. The third-order valence-electron chi connectivity index (χ3n) is 6.82. The number of nitrogens with one attached hydrogen (secondary N) is 1. The highest BCUT2D eigenvalue weighted by molar-refractivity contribution is 6.06. The maximum absolute atomic E-state index is 10.7. The summed E-state index contributed by atoms with van der Waals surface area (Å²) in [4.78, 5) is 6.78. The van der Waals surface area contributed by atoms with E-state index in [2.05, 4.69) is 66.7 Å². The number of nitrogens with zero attached hydrogens (tertiary/aromatic N) is 4. The van der Waals surface area contributed by atoms with Gasteiger partial charge in [0, 0.05) is 47.4 Å². The highest BCUT2D eigenvalue weighted by atomic mass is 16.3. The van der Waals surface area contributed by atoms with E-state index in [9.17, 15) is 5.11 Å². The van der Waals surface area contributed by atoms with E-state index in [-0.39, 0.29) is 16.8 Å². The zero-order valence-electron chi connectivity index (χ0n) is 20.8. The van der Waals surface area contributed by atoms with Crippen LogP contribution in [0.4, 0.5) is 5.82 Å². The highest BCUT2D eigenvalue weighted by Crippen LogP contribution is 2.38. The Kier molecular flexibility index (Phi) is 6.08. The lowest BCUT2D eigenvalue weighted by atomic mass is 9.79.